The summed E-state index contributed by atoms with van der Waals surface area (Å²) < 4.78 is 71.7. The van der Waals surface area contributed by atoms with E-state index < -0.39 is 19.3 Å². The molecule has 0 aromatic heterocycles. The number of alkyl halides is 2. The molecule has 142 valence electrons. The second-order valence-corrected chi connectivity index (χ2v) is 7.09. The Balaban J connectivity index is 0.000000381. The van der Waals surface area contributed by atoms with Gasteiger partial charge in [-0.1, -0.05) is 23.7 Å². The minimum absolute atomic E-state index is 0.528. The van der Waals surface area contributed by atoms with Crippen LogP contribution in [0.5, 0.6) is 0 Å². The first-order valence-electron chi connectivity index (χ1n) is 6.40. The molecule has 0 fully saturated rings. The SMILES string of the molecule is F[P-](F)(F)(F)(F)F.O=C(Nc1cccc(C[NH+]2C=CN=C2)c1)C(F)Cl. The predicted octanol–water partition coefficient (Wildman–Crippen LogP) is 4.44. The Hall–Kier alpha value is -1.71. The predicted molar refractivity (Wildman–Crippen MR) is 81.7 cm³/mol. The average molecular weight is 414 g/mol. The monoisotopic (exact) mass is 413 g/mol. The number of carbonyl (C=O) groups excluding carboxylic acids is 1. The number of amides is 1. The molecule has 0 radical (unpaired) electrons. The standard InChI is InChI=1S/C12H11ClFN3O.F6P/c13-11(14)12(18)16-10-3-1-2-9(6-10)7-17-5-4-15-8-17;1-7(2,3,4,5)6/h1-6,8,11H,7H2,(H,16,18);/q;-1/p+1. The first-order chi connectivity index (χ1) is 11.1. The molecule has 0 saturated carbocycles. The molecule has 1 amide bonds. The molecule has 13 heteroatoms. The van der Waals surface area contributed by atoms with Gasteiger partial charge in [0.2, 0.25) is 0 Å². The minimum Gasteiger partial charge on any atom is -0.322 e. The van der Waals surface area contributed by atoms with E-state index >= 15 is 0 Å². The van der Waals surface area contributed by atoms with E-state index in [9.17, 15) is 34.4 Å². The molecule has 0 saturated heterocycles. The van der Waals surface area contributed by atoms with Crippen molar-refractivity contribution in [2.45, 2.75) is 12.2 Å². The number of hydrogen-bond acceptors (Lipinski definition) is 2. The number of quaternary nitrogens is 1. The topological polar surface area (TPSA) is 45.9 Å². The molecule has 1 heterocycles. The molecular weight excluding hydrogens is 402 g/mol. The summed E-state index contributed by atoms with van der Waals surface area (Å²) in [5, 5.41) is 2.40. The summed E-state index contributed by atoms with van der Waals surface area (Å²) in [6.45, 7) is 0.712. The first-order valence-corrected chi connectivity index (χ1v) is 8.86. The molecule has 2 unspecified atom stereocenters. The number of benzene rings is 1. The summed E-state index contributed by atoms with van der Waals surface area (Å²) in [5.74, 6) is -0.858. The van der Waals surface area contributed by atoms with Crippen LogP contribution in [-0.4, -0.2) is 17.9 Å². The van der Waals surface area contributed by atoms with E-state index in [1.54, 1.807) is 30.7 Å². The van der Waals surface area contributed by atoms with Crippen molar-refractivity contribution >= 4 is 37.3 Å². The summed E-state index contributed by atoms with van der Waals surface area (Å²) in [5.41, 5.74) is -0.501. The van der Waals surface area contributed by atoms with Gasteiger partial charge in [0.1, 0.15) is 12.7 Å². The number of anilines is 1. The summed E-state index contributed by atoms with van der Waals surface area (Å²) in [7, 11) is -10.7. The normalized spacial score (nSPS) is 20.1. The molecular formula is C12H12ClF7N3OP. The van der Waals surface area contributed by atoms with Crippen molar-refractivity contribution in [2.24, 2.45) is 4.99 Å². The Bertz CT molecular complexity index is 668. The maximum absolute atomic E-state index is 12.5. The van der Waals surface area contributed by atoms with E-state index in [4.69, 9.17) is 11.6 Å². The summed E-state index contributed by atoms with van der Waals surface area (Å²) in [6, 6.07) is 7.19. The number of rotatable bonds is 4. The third-order valence-electron chi connectivity index (χ3n) is 2.42. The zero-order chi connectivity index (χ0) is 19.4. The second kappa shape index (κ2) is 6.89. The molecule has 1 aliphatic heterocycles. The van der Waals surface area contributed by atoms with Crippen LogP contribution < -0.4 is 10.2 Å². The van der Waals surface area contributed by atoms with E-state index in [1.807, 2.05) is 12.3 Å². The summed E-state index contributed by atoms with van der Waals surface area (Å²) >= 11 is 5.05. The molecule has 1 aromatic rings. The number of hydrogen-bond donors (Lipinski definition) is 2. The maximum atomic E-state index is 12.5. The van der Waals surface area contributed by atoms with Crippen molar-refractivity contribution in [3.8, 4) is 0 Å². The smallest absolute Gasteiger partial charge is 0.274 e. The van der Waals surface area contributed by atoms with Gasteiger partial charge in [0.25, 0.3) is 11.5 Å². The zero-order valence-electron chi connectivity index (χ0n) is 12.2. The van der Waals surface area contributed by atoms with Gasteiger partial charge in [0, 0.05) is 11.3 Å². The van der Waals surface area contributed by atoms with Gasteiger partial charge in [-0.05, 0) is 12.1 Å². The molecule has 0 spiro atoms. The fraction of sp³-hybridized carbons (Fsp3) is 0.167. The maximum Gasteiger partial charge on any atom is 0.274 e. The Labute approximate surface area is 142 Å². The third-order valence-corrected chi connectivity index (χ3v) is 2.61. The Kier molecular flexibility index (Phi) is 5.88. The Morgan fingerprint density at radius 3 is 2.32 bits per heavy atom. The summed E-state index contributed by atoms with van der Waals surface area (Å²) in [4.78, 5) is 16.2. The van der Waals surface area contributed by atoms with Crippen molar-refractivity contribution in [3.05, 3.63) is 42.2 Å². The number of nitrogens with one attached hydrogen (secondary N) is 2. The van der Waals surface area contributed by atoms with Crippen LogP contribution in [0, 0.1) is 0 Å². The zero-order valence-corrected chi connectivity index (χ0v) is 13.8. The van der Waals surface area contributed by atoms with Gasteiger partial charge in [-0.3, -0.25) is 9.69 Å². The van der Waals surface area contributed by atoms with E-state index in [1.165, 1.54) is 0 Å². The molecule has 25 heavy (non-hydrogen) atoms. The molecule has 2 atom stereocenters. The number of halogens is 8. The second-order valence-electron chi connectivity index (χ2n) is 4.79. The molecule has 1 aliphatic rings. The molecule has 0 bridgehead atoms. The van der Waals surface area contributed by atoms with Gasteiger partial charge in [0.15, 0.2) is 6.34 Å². The van der Waals surface area contributed by atoms with Crippen LogP contribution in [0.1, 0.15) is 5.56 Å². The van der Waals surface area contributed by atoms with Crippen LogP contribution in [0.4, 0.5) is 35.3 Å². The molecule has 1 aromatic carbocycles. The number of nitrogens with zero attached hydrogens (tertiary/aromatic N) is 1. The van der Waals surface area contributed by atoms with Gasteiger partial charge in [-0.2, -0.15) is 0 Å². The van der Waals surface area contributed by atoms with Gasteiger partial charge < -0.3 is 5.32 Å². The fourth-order valence-electron chi connectivity index (χ4n) is 1.62. The van der Waals surface area contributed by atoms with E-state index in [2.05, 4.69) is 10.3 Å². The van der Waals surface area contributed by atoms with E-state index in [0.717, 1.165) is 10.5 Å². The van der Waals surface area contributed by atoms with Crippen LogP contribution in [0.15, 0.2) is 41.7 Å². The fourth-order valence-corrected chi connectivity index (χ4v) is 1.67. The van der Waals surface area contributed by atoms with Gasteiger partial charge >= 0.3 is 33.0 Å². The third kappa shape index (κ3) is 12.3. The van der Waals surface area contributed by atoms with Crippen molar-refractivity contribution in [2.75, 3.05) is 5.32 Å². The van der Waals surface area contributed by atoms with Crippen molar-refractivity contribution < 1.29 is 39.3 Å². The molecule has 0 aliphatic carbocycles. The first kappa shape index (κ1) is 21.3. The van der Waals surface area contributed by atoms with Gasteiger partial charge in [-0.25, -0.2) is 9.38 Å². The molecule has 2 rings (SSSR count). The van der Waals surface area contributed by atoms with Crippen molar-refractivity contribution in [3.63, 3.8) is 0 Å². The van der Waals surface area contributed by atoms with Crippen LogP contribution in [0.3, 0.4) is 0 Å². The molecule has 4 nitrogen and oxygen atoms in total. The van der Waals surface area contributed by atoms with Crippen LogP contribution in [0.2, 0.25) is 0 Å². The van der Waals surface area contributed by atoms with E-state index in [-0.39, 0.29) is 0 Å². The quantitative estimate of drug-likeness (QED) is 0.428. The Morgan fingerprint density at radius 2 is 1.84 bits per heavy atom. The van der Waals surface area contributed by atoms with Gasteiger partial charge in [0.05, 0.1) is 6.20 Å². The van der Waals surface area contributed by atoms with Crippen molar-refractivity contribution in [1.29, 1.82) is 0 Å². The summed E-state index contributed by atoms with van der Waals surface area (Å²) in [6.07, 6.45) is 5.42. The van der Waals surface area contributed by atoms with E-state index in [0.29, 0.717) is 12.2 Å². The number of carbonyl (C=O) groups is 1. The largest absolute Gasteiger partial charge is 0.322 e. The minimum atomic E-state index is -10.7. The Morgan fingerprint density at radius 1 is 1.24 bits per heavy atom. The van der Waals surface area contributed by atoms with Crippen LogP contribution in [0.25, 0.3) is 0 Å². The average Bonchev–Trinajstić information content (AvgIpc) is 2.88. The van der Waals surface area contributed by atoms with Gasteiger partial charge in [-0.15, -0.1) is 0 Å². The van der Waals surface area contributed by atoms with Crippen molar-refractivity contribution in [1.82, 2.24) is 0 Å². The van der Waals surface area contributed by atoms with Crippen LogP contribution in [-0.2, 0) is 11.3 Å². The van der Waals surface area contributed by atoms with Crippen LogP contribution >= 0.6 is 19.4 Å². The number of aliphatic imine (C=N–C) groups is 1. The molecule has 2 N–H and O–H groups in total.